The first-order valence-corrected chi connectivity index (χ1v) is 9.58. The maximum atomic E-state index is 13.1. The summed E-state index contributed by atoms with van der Waals surface area (Å²) in [6.45, 7) is 3.63. The topological polar surface area (TPSA) is 29.5 Å². The molecule has 2 aromatic carbocycles. The fourth-order valence-corrected chi connectivity index (χ4v) is 3.03. The molecule has 0 aromatic heterocycles. The molecule has 0 aliphatic rings. The number of unbranched alkanes of at least 4 members (excludes halogenated alkanes) is 3. The monoisotopic (exact) mass is 353 g/mol. The number of hydrogen-bond acceptors (Lipinski definition) is 3. The largest absolute Gasteiger partial charge is 0.494 e. The lowest BCUT2D eigenvalue weighted by molar-refractivity contribution is 0.0944. The second-order valence-corrected chi connectivity index (χ2v) is 7.02. The molecular weight excluding hydrogens is 322 g/mol. The first-order chi connectivity index (χ1) is 12.6. The predicted molar refractivity (Wildman–Crippen MR) is 108 cm³/mol. The van der Waals surface area contributed by atoms with Crippen LogP contribution in [0.5, 0.6) is 5.75 Å². The average molecular weight is 354 g/mol. The molecule has 0 saturated carbocycles. The quantitative estimate of drug-likeness (QED) is 0.412. The summed E-state index contributed by atoms with van der Waals surface area (Å²) in [5, 5.41) is 0. The van der Waals surface area contributed by atoms with Crippen molar-refractivity contribution >= 4 is 5.78 Å². The van der Waals surface area contributed by atoms with Crippen LogP contribution in [-0.4, -0.2) is 37.9 Å². The van der Waals surface area contributed by atoms with Gasteiger partial charge >= 0.3 is 0 Å². The molecule has 0 N–H and O–H groups in total. The Kier molecular flexibility index (Phi) is 8.36. The number of likely N-dealkylation sites (N-methyl/N-ethyl adjacent to an activating group) is 1. The Labute approximate surface area is 158 Å². The highest BCUT2D eigenvalue weighted by Crippen LogP contribution is 2.23. The van der Waals surface area contributed by atoms with E-state index >= 15 is 0 Å². The highest BCUT2D eigenvalue weighted by atomic mass is 16.5. The van der Waals surface area contributed by atoms with Gasteiger partial charge in [0.05, 0.1) is 12.5 Å². The molecule has 140 valence electrons. The van der Waals surface area contributed by atoms with Crippen LogP contribution in [0.1, 0.15) is 54.4 Å². The molecular formula is C23H31NO2. The summed E-state index contributed by atoms with van der Waals surface area (Å²) in [6.07, 6.45) is 4.76. The first kappa shape index (κ1) is 20.2. The standard InChI is InChI=1S/C23H31NO2/c1-4-5-6-10-17-26-21-15-13-20(14-16-21)23(25)22(18-24(2)3)19-11-8-7-9-12-19/h7-9,11-16,22H,4-6,10,17-18H2,1-3H3. The van der Waals surface area contributed by atoms with E-state index in [9.17, 15) is 4.79 Å². The highest BCUT2D eigenvalue weighted by molar-refractivity contribution is 6.01. The summed E-state index contributed by atoms with van der Waals surface area (Å²) in [6, 6.07) is 17.6. The number of rotatable bonds is 11. The van der Waals surface area contributed by atoms with Gasteiger partial charge in [-0.25, -0.2) is 0 Å². The molecule has 0 spiro atoms. The third-order valence-electron chi connectivity index (χ3n) is 4.47. The van der Waals surface area contributed by atoms with Crippen molar-refractivity contribution in [2.24, 2.45) is 0 Å². The van der Waals surface area contributed by atoms with Crippen LogP contribution in [0.25, 0.3) is 0 Å². The van der Waals surface area contributed by atoms with Gasteiger partial charge in [-0.1, -0.05) is 56.5 Å². The van der Waals surface area contributed by atoms with Crippen molar-refractivity contribution in [3.63, 3.8) is 0 Å². The highest BCUT2D eigenvalue weighted by Gasteiger charge is 2.22. The zero-order chi connectivity index (χ0) is 18.8. The molecule has 0 heterocycles. The van der Waals surface area contributed by atoms with Gasteiger partial charge in [0.25, 0.3) is 0 Å². The predicted octanol–water partition coefficient (Wildman–Crippen LogP) is 5.17. The van der Waals surface area contributed by atoms with E-state index < -0.39 is 0 Å². The number of Topliss-reactive ketones (excluding diaryl/α,β-unsaturated/α-hetero) is 1. The molecule has 0 radical (unpaired) electrons. The summed E-state index contributed by atoms with van der Waals surface area (Å²) >= 11 is 0. The normalized spacial score (nSPS) is 12.2. The van der Waals surface area contributed by atoms with Gasteiger partial charge in [0, 0.05) is 12.1 Å². The van der Waals surface area contributed by atoms with Gasteiger partial charge in [-0.15, -0.1) is 0 Å². The third-order valence-corrected chi connectivity index (χ3v) is 4.47. The summed E-state index contributed by atoms with van der Waals surface area (Å²) in [5.41, 5.74) is 1.79. The van der Waals surface area contributed by atoms with E-state index in [1.165, 1.54) is 19.3 Å². The Morgan fingerprint density at radius 2 is 1.65 bits per heavy atom. The van der Waals surface area contributed by atoms with Crippen molar-refractivity contribution in [3.05, 3.63) is 65.7 Å². The molecule has 2 aromatic rings. The van der Waals surface area contributed by atoms with E-state index in [0.717, 1.165) is 29.9 Å². The average Bonchev–Trinajstić information content (AvgIpc) is 2.66. The Bertz CT molecular complexity index is 650. The number of carbonyl (C=O) groups excluding carboxylic acids is 1. The number of benzene rings is 2. The second kappa shape index (κ2) is 10.8. The molecule has 0 saturated heterocycles. The second-order valence-electron chi connectivity index (χ2n) is 7.02. The van der Waals surface area contributed by atoms with E-state index in [-0.39, 0.29) is 11.7 Å². The van der Waals surface area contributed by atoms with Crippen LogP contribution in [0, 0.1) is 0 Å². The lowest BCUT2D eigenvalue weighted by Crippen LogP contribution is -2.26. The van der Waals surface area contributed by atoms with Crippen LogP contribution in [-0.2, 0) is 0 Å². The van der Waals surface area contributed by atoms with Crippen molar-refractivity contribution < 1.29 is 9.53 Å². The van der Waals surface area contributed by atoms with Crippen molar-refractivity contribution in [2.45, 2.75) is 38.5 Å². The maximum Gasteiger partial charge on any atom is 0.171 e. The molecule has 0 bridgehead atoms. The molecule has 26 heavy (non-hydrogen) atoms. The molecule has 0 amide bonds. The number of hydrogen-bond donors (Lipinski definition) is 0. The minimum atomic E-state index is -0.160. The van der Waals surface area contributed by atoms with E-state index in [1.54, 1.807) is 0 Å². The van der Waals surface area contributed by atoms with Crippen molar-refractivity contribution in [3.8, 4) is 5.75 Å². The van der Waals surface area contributed by atoms with E-state index in [1.807, 2.05) is 68.7 Å². The number of ketones is 1. The summed E-state index contributed by atoms with van der Waals surface area (Å²) in [5.74, 6) is 0.827. The van der Waals surface area contributed by atoms with Gasteiger partial charge in [0.2, 0.25) is 0 Å². The van der Waals surface area contributed by atoms with Gasteiger partial charge < -0.3 is 9.64 Å². The summed E-state index contributed by atoms with van der Waals surface area (Å²) in [4.78, 5) is 15.1. The molecule has 1 unspecified atom stereocenters. The van der Waals surface area contributed by atoms with E-state index in [2.05, 4.69) is 11.8 Å². The molecule has 3 nitrogen and oxygen atoms in total. The van der Waals surface area contributed by atoms with Crippen LogP contribution in [0.2, 0.25) is 0 Å². The van der Waals surface area contributed by atoms with Crippen molar-refractivity contribution in [2.75, 3.05) is 27.2 Å². The van der Waals surface area contributed by atoms with Crippen LogP contribution >= 0.6 is 0 Å². The zero-order valence-corrected chi connectivity index (χ0v) is 16.3. The van der Waals surface area contributed by atoms with Crippen LogP contribution < -0.4 is 4.74 Å². The van der Waals surface area contributed by atoms with Crippen LogP contribution in [0.4, 0.5) is 0 Å². The van der Waals surface area contributed by atoms with Crippen molar-refractivity contribution in [1.29, 1.82) is 0 Å². The smallest absolute Gasteiger partial charge is 0.171 e. The Morgan fingerprint density at radius 3 is 2.27 bits per heavy atom. The lowest BCUT2D eigenvalue weighted by Gasteiger charge is -2.20. The zero-order valence-electron chi connectivity index (χ0n) is 16.3. The van der Waals surface area contributed by atoms with Crippen LogP contribution in [0.15, 0.2) is 54.6 Å². The fraction of sp³-hybridized carbons (Fsp3) is 0.435. The number of nitrogens with zero attached hydrogens (tertiary/aromatic N) is 1. The van der Waals surface area contributed by atoms with Gasteiger partial charge in [-0.2, -0.15) is 0 Å². The molecule has 2 rings (SSSR count). The number of ether oxygens (including phenoxy) is 1. The summed E-state index contributed by atoms with van der Waals surface area (Å²) in [7, 11) is 4.00. The fourth-order valence-electron chi connectivity index (χ4n) is 3.03. The SMILES string of the molecule is CCCCCCOc1ccc(C(=O)C(CN(C)C)c2ccccc2)cc1. The minimum Gasteiger partial charge on any atom is -0.494 e. The van der Waals surface area contributed by atoms with E-state index in [4.69, 9.17) is 4.74 Å². The van der Waals surface area contributed by atoms with Gasteiger partial charge in [-0.05, 0) is 50.3 Å². The molecule has 0 fully saturated rings. The summed E-state index contributed by atoms with van der Waals surface area (Å²) < 4.78 is 5.78. The lowest BCUT2D eigenvalue weighted by atomic mass is 9.90. The first-order valence-electron chi connectivity index (χ1n) is 9.58. The van der Waals surface area contributed by atoms with Gasteiger partial charge in [-0.3, -0.25) is 4.79 Å². The van der Waals surface area contributed by atoms with Gasteiger partial charge in [0.1, 0.15) is 5.75 Å². The Balaban J connectivity index is 2.02. The molecule has 3 heteroatoms. The number of carbonyl (C=O) groups is 1. The van der Waals surface area contributed by atoms with E-state index in [0.29, 0.717) is 6.54 Å². The minimum absolute atomic E-state index is 0.152. The van der Waals surface area contributed by atoms with Crippen molar-refractivity contribution in [1.82, 2.24) is 4.90 Å². The molecule has 0 aliphatic heterocycles. The van der Waals surface area contributed by atoms with Crippen LogP contribution in [0.3, 0.4) is 0 Å². The molecule has 0 aliphatic carbocycles. The third kappa shape index (κ3) is 6.30. The molecule has 1 atom stereocenters. The maximum absolute atomic E-state index is 13.1. The Hall–Kier alpha value is -2.13. The Morgan fingerprint density at radius 1 is 0.962 bits per heavy atom. The van der Waals surface area contributed by atoms with Gasteiger partial charge in [0.15, 0.2) is 5.78 Å².